The second-order valence-corrected chi connectivity index (χ2v) is 6.91. The van der Waals surface area contributed by atoms with E-state index in [-0.39, 0.29) is 5.92 Å². The summed E-state index contributed by atoms with van der Waals surface area (Å²) in [4.78, 5) is 15.6. The molecular weight excluding hydrogens is 340 g/mol. The van der Waals surface area contributed by atoms with Gasteiger partial charge in [0.25, 0.3) is 0 Å². The van der Waals surface area contributed by atoms with Gasteiger partial charge in [-0.1, -0.05) is 36.4 Å². The molecule has 0 aromatic heterocycles. The SMILES string of the molecule is O=C(O)[C@@H]1CCCN(CCOCCN(c2ccccc2)c2ccccc2)C1. The molecule has 2 aromatic rings. The monoisotopic (exact) mass is 368 g/mol. The number of anilines is 2. The van der Waals surface area contributed by atoms with Gasteiger partial charge < -0.3 is 19.6 Å². The number of aliphatic carboxylic acids is 1. The number of para-hydroxylation sites is 2. The van der Waals surface area contributed by atoms with Crippen LogP contribution in [0.1, 0.15) is 12.8 Å². The number of hydrogen-bond acceptors (Lipinski definition) is 4. The molecule has 1 N–H and O–H groups in total. The third-order valence-electron chi connectivity index (χ3n) is 5.00. The van der Waals surface area contributed by atoms with Crippen LogP contribution in [0, 0.1) is 5.92 Å². The van der Waals surface area contributed by atoms with Crippen LogP contribution in [0.15, 0.2) is 60.7 Å². The Kier molecular flexibility index (Phi) is 7.25. The zero-order chi connectivity index (χ0) is 18.9. The maximum Gasteiger partial charge on any atom is 0.307 e. The topological polar surface area (TPSA) is 53.0 Å². The molecule has 0 spiro atoms. The molecule has 27 heavy (non-hydrogen) atoms. The number of piperidine rings is 1. The van der Waals surface area contributed by atoms with Crippen LogP contribution in [0.4, 0.5) is 11.4 Å². The highest BCUT2D eigenvalue weighted by Crippen LogP contribution is 2.24. The average Bonchev–Trinajstić information content (AvgIpc) is 2.72. The molecular formula is C22H28N2O3. The van der Waals surface area contributed by atoms with Crippen LogP contribution in [-0.4, -0.2) is 55.4 Å². The highest BCUT2D eigenvalue weighted by atomic mass is 16.5. The molecule has 0 radical (unpaired) electrons. The Morgan fingerprint density at radius 2 is 1.67 bits per heavy atom. The summed E-state index contributed by atoms with van der Waals surface area (Å²) in [7, 11) is 0. The summed E-state index contributed by atoms with van der Waals surface area (Å²) in [5, 5.41) is 9.18. The van der Waals surface area contributed by atoms with Gasteiger partial charge in [0.2, 0.25) is 0 Å². The van der Waals surface area contributed by atoms with E-state index in [2.05, 4.69) is 34.1 Å². The fraction of sp³-hybridized carbons (Fsp3) is 0.409. The van der Waals surface area contributed by atoms with Crippen LogP contribution >= 0.6 is 0 Å². The van der Waals surface area contributed by atoms with Gasteiger partial charge in [-0.2, -0.15) is 0 Å². The van der Waals surface area contributed by atoms with Gasteiger partial charge in [-0.25, -0.2) is 0 Å². The minimum absolute atomic E-state index is 0.231. The second-order valence-electron chi connectivity index (χ2n) is 6.91. The largest absolute Gasteiger partial charge is 0.481 e. The van der Waals surface area contributed by atoms with E-state index in [1.54, 1.807) is 0 Å². The molecule has 144 valence electrons. The van der Waals surface area contributed by atoms with Crippen LogP contribution < -0.4 is 4.90 Å². The van der Waals surface area contributed by atoms with Gasteiger partial charge in [0.05, 0.1) is 19.1 Å². The van der Waals surface area contributed by atoms with E-state index in [0.29, 0.717) is 19.8 Å². The van der Waals surface area contributed by atoms with Crippen molar-refractivity contribution in [3.63, 3.8) is 0 Å². The molecule has 5 heteroatoms. The molecule has 1 aliphatic rings. The van der Waals surface area contributed by atoms with E-state index in [9.17, 15) is 9.90 Å². The molecule has 1 fully saturated rings. The number of carboxylic acid groups (broad SMARTS) is 1. The summed E-state index contributed by atoms with van der Waals surface area (Å²) >= 11 is 0. The van der Waals surface area contributed by atoms with E-state index in [4.69, 9.17) is 4.74 Å². The maximum absolute atomic E-state index is 11.2. The lowest BCUT2D eigenvalue weighted by Crippen LogP contribution is -2.40. The summed E-state index contributed by atoms with van der Waals surface area (Å²) in [6.45, 7) is 4.42. The molecule has 1 saturated heterocycles. The van der Waals surface area contributed by atoms with Crippen molar-refractivity contribution >= 4 is 17.3 Å². The first-order valence-electron chi connectivity index (χ1n) is 9.64. The van der Waals surface area contributed by atoms with Crippen molar-refractivity contribution in [2.24, 2.45) is 5.92 Å². The Hall–Kier alpha value is -2.37. The molecule has 0 amide bonds. The van der Waals surface area contributed by atoms with Gasteiger partial charge in [-0.15, -0.1) is 0 Å². The molecule has 0 saturated carbocycles. The lowest BCUT2D eigenvalue weighted by atomic mass is 9.98. The summed E-state index contributed by atoms with van der Waals surface area (Å²) in [5.74, 6) is -0.910. The number of carboxylic acids is 1. The summed E-state index contributed by atoms with van der Waals surface area (Å²) in [6.07, 6.45) is 1.74. The second kappa shape index (κ2) is 10.1. The Morgan fingerprint density at radius 3 is 2.26 bits per heavy atom. The highest BCUT2D eigenvalue weighted by molar-refractivity contribution is 5.70. The van der Waals surface area contributed by atoms with E-state index in [1.807, 2.05) is 36.4 Å². The number of benzene rings is 2. The van der Waals surface area contributed by atoms with E-state index >= 15 is 0 Å². The van der Waals surface area contributed by atoms with Gasteiger partial charge in [-0.05, 0) is 43.7 Å². The minimum atomic E-state index is -0.679. The van der Waals surface area contributed by atoms with E-state index < -0.39 is 5.97 Å². The van der Waals surface area contributed by atoms with Crippen molar-refractivity contribution < 1.29 is 14.6 Å². The zero-order valence-corrected chi connectivity index (χ0v) is 15.7. The molecule has 3 rings (SSSR count). The van der Waals surface area contributed by atoms with Gasteiger partial charge in [0.1, 0.15) is 0 Å². The number of likely N-dealkylation sites (tertiary alicyclic amines) is 1. The Labute approximate surface area is 161 Å². The average molecular weight is 368 g/mol. The molecule has 5 nitrogen and oxygen atoms in total. The first-order chi connectivity index (χ1) is 13.2. The van der Waals surface area contributed by atoms with Crippen LogP contribution in [0.2, 0.25) is 0 Å². The first kappa shape index (κ1) is 19.4. The molecule has 2 aromatic carbocycles. The van der Waals surface area contributed by atoms with Crippen LogP contribution in [0.25, 0.3) is 0 Å². The standard InChI is InChI=1S/C22H28N2O3/c25-22(26)19-8-7-13-23(18-19)14-16-27-17-15-24(20-9-3-1-4-10-20)21-11-5-2-6-12-21/h1-6,9-12,19H,7-8,13-18H2,(H,25,26)/t19-/m1/s1. The number of carbonyl (C=O) groups is 1. The molecule has 1 atom stereocenters. The molecule has 1 aliphatic heterocycles. The quantitative estimate of drug-likeness (QED) is 0.685. The van der Waals surface area contributed by atoms with Crippen LogP contribution in [0.5, 0.6) is 0 Å². The predicted octanol–water partition coefficient (Wildman–Crippen LogP) is 3.64. The number of rotatable bonds is 9. The van der Waals surface area contributed by atoms with E-state index in [1.165, 1.54) is 0 Å². The Morgan fingerprint density at radius 1 is 1.04 bits per heavy atom. The smallest absolute Gasteiger partial charge is 0.307 e. The Balaban J connectivity index is 1.46. The molecule has 0 unspecified atom stereocenters. The van der Waals surface area contributed by atoms with Crippen molar-refractivity contribution in [3.05, 3.63) is 60.7 Å². The minimum Gasteiger partial charge on any atom is -0.481 e. The molecule has 1 heterocycles. The third kappa shape index (κ3) is 5.81. The normalized spacial score (nSPS) is 17.6. The lowest BCUT2D eigenvalue weighted by Gasteiger charge is -2.30. The Bertz CT molecular complexity index is 654. The number of hydrogen-bond donors (Lipinski definition) is 1. The summed E-state index contributed by atoms with van der Waals surface area (Å²) < 4.78 is 5.87. The van der Waals surface area contributed by atoms with Crippen LogP contribution in [0.3, 0.4) is 0 Å². The highest BCUT2D eigenvalue weighted by Gasteiger charge is 2.24. The van der Waals surface area contributed by atoms with E-state index in [0.717, 1.165) is 43.9 Å². The van der Waals surface area contributed by atoms with Gasteiger partial charge >= 0.3 is 5.97 Å². The zero-order valence-electron chi connectivity index (χ0n) is 15.7. The van der Waals surface area contributed by atoms with Crippen molar-refractivity contribution in [2.75, 3.05) is 44.3 Å². The summed E-state index contributed by atoms with van der Waals surface area (Å²) in [5.41, 5.74) is 2.29. The van der Waals surface area contributed by atoms with Gasteiger partial charge in [-0.3, -0.25) is 4.79 Å². The van der Waals surface area contributed by atoms with Crippen molar-refractivity contribution in [3.8, 4) is 0 Å². The molecule has 0 aliphatic carbocycles. The van der Waals surface area contributed by atoms with Crippen molar-refractivity contribution in [1.82, 2.24) is 4.90 Å². The molecule has 0 bridgehead atoms. The van der Waals surface area contributed by atoms with Gasteiger partial charge in [0, 0.05) is 31.0 Å². The first-order valence-corrected chi connectivity index (χ1v) is 9.64. The van der Waals surface area contributed by atoms with Crippen molar-refractivity contribution in [1.29, 1.82) is 0 Å². The fourth-order valence-corrected chi connectivity index (χ4v) is 3.53. The predicted molar refractivity (Wildman–Crippen MR) is 108 cm³/mol. The summed E-state index contributed by atoms with van der Waals surface area (Å²) in [6, 6.07) is 20.6. The number of ether oxygens (including phenoxy) is 1. The van der Waals surface area contributed by atoms with Crippen molar-refractivity contribution in [2.45, 2.75) is 12.8 Å². The lowest BCUT2D eigenvalue weighted by molar-refractivity contribution is -0.143. The number of nitrogens with zero attached hydrogens (tertiary/aromatic N) is 2. The van der Waals surface area contributed by atoms with Gasteiger partial charge in [0.15, 0.2) is 0 Å². The van der Waals surface area contributed by atoms with Crippen LogP contribution in [-0.2, 0) is 9.53 Å². The fourth-order valence-electron chi connectivity index (χ4n) is 3.53. The third-order valence-corrected chi connectivity index (χ3v) is 5.00. The maximum atomic E-state index is 11.2.